The molecule has 1 fully saturated rings. The molecule has 21 heavy (non-hydrogen) atoms. The molecule has 0 aromatic rings. The fourth-order valence-electron chi connectivity index (χ4n) is 2.57. The summed E-state index contributed by atoms with van der Waals surface area (Å²) in [5.74, 6) is 0.442. The molecule has 0 saturated carbocycles. The smallest absolute Gasteiger partial charge is 0.315 e. The first kappa shape index (κ1) is 18.2. The highest BCUT2D eigenvalue weighted by atomic mass is 16.3. The van der Waals surface area contributed by atoms with Gasteiger partial charge in [-0.25, -0.2) is 4.79 Å². The van der Waals surface area contributed by atoms with Crippen LogP contribution in [-0.4, -0.2) is 79.9 Å². The summed E-state index contributed by atoms with van der Waals surface area (Å²) in [4.78, 5) is 16.6. The minimum absolute atomic E-state index is 0.0583. The Morgan fingerprint density at radius 2 is 1.95 bits per heavy atom. The molecule has 124 valence electrons. The minimum atomic E-state index is -0.125. The molecule has 0 radical (unpaired) electrons. The molecular formula is C15H32N4O2. The average Bonchev–Trinajstić information content (AvgIpc) is 2.47. The molecule has 1 aliphatic heterocycles. The first-order valence-corrected chi connectivity index (χ1v) is 8.11. The maximum atomic E-state index is 11.8. The van der Waals surface area contributed by atoms with E-state index in [9.17, 15) is 4.79 Å². The lowest BCUT2D eigenvalue weighted by molar-refractivity contribution is 0.138. The van der Waals surface area contributed by atoms with Crippen molar-refractivity contribution in [2.75, 3.05) is 52.9 Å². The fourth-order valence-corrected chi connectivity index (χ4v) is 2.57. The first-order chi connectivity index (χ1) is 10.0. The van der Waals surface area contributed by atoms with Crippen molar-refractivity contribution in [2.45, 2.75) is 32.7 Å². The fraction of sp³-hybridized carbons (Fsp3) is 0.933. The van der Waals surface area contributed by atoms with Gasteiger partial charge in [-0.2, -0.15) is 0 Å². The quantitative estimate of drug-likeness (QED) is 0.604. The van der Waals surface area contributed by atoms with Gasteiger partial charge < -0.3 is 25.5 Å². The Morgan fingerprint density at radius 3 is 2.52 bits per heavy atom. The van der Waals surface area contributed by atoms with Crippen molar-refractivity contribution in [3.63, 3.8) is 0 Å². The van der Waals surface area contributed by atoms with Crippen LogP contribution in [0.1, 0.15) is 26.7 Å². The molecule has 2 unspecified atom stereocenters. The van der Waals surface area contributed by atoms with E-state index in [1.54, 1.807) is 0 Å². The van der Waals surface area contributed by atoms with Crippen LogP contribution < -0.4 is 10.6 Å². The number of piperazine rings is 1. The van der Waals surface area contributed by atoms with Crippen LogP contribution in [0.15, 0.2) is 0 Å². The molecule has 1 saturated heterocycles. The van der Waals surface area contributed by atoms with Gasteiger partial charge in [0.1, 0.15) is 0 Å². The van der Waals surface area contributed by atoms with Gasteiger partial charge in [0, 0.05) is 51.9 Å². The van der Waals surface area contributed by atoms with Crippen LogP contribution in [0.4, 0.5) is 4.79 Å². The van der Waals surface area contributed by atoms with Crippen molar-refractivity contribution in [1.29, 1.82) is 0 Å². The molecule has 0 aliphatic carbocycles. The number of nitrogens with one attached hydrogen (secondary N) is 2. The Morgan fingerprint density at radius 1 is 1.29 bits per heavy atom. The predicted molar refractivity (Wildman–Crippen MR) is 85.4 cm³/mol. The van der Waals surface area contributed by atoms with E-state index in [1.165, 1.54) is 0 Å². The van der Waals surface area contributed by atoms with E-state index in [0.29, 0.717) is 18.9 Å². The van der Waals surface area contributed by atoms with E-state index >= 15 is 0 Å². The second kappa shape index (κ2) is 9.97. The van der Waals surface area contributed by atoms with Crippen LogP contribution in [-0.2, 0) is 0 Å². The van der Waals surface area contributed by atoms with Crippen LogP contribution in [0, 0.1) is 5.92 Å². The highest BCUT2D eigenvalue weighted by Gasteiger charge is 2.16. The number of amides is 2. The highest BCUT2D eigenvalue weighted by molar-refractivity contribution is 5.74. The number of carbonyl (C=O) groups is 1. The van der Waals surface area contributed by atoms with Crippen LogP contribution in [0.3, 0.4) is 0 Å². The lowest BCUT2D eigenvalue weighted by Crippen LogP contribution is -2.48. The van der Waals surface area contributed by atoms with E-state index in [1.807, 2.05) is 6.92 Å². The average molecular weight is 300 g/mol. The number of rotatable bonds is 8. The molecule has 6 nitrogen and oxygen atoms in total. The number of hydrogen-bond donors (Lipinski definition) is 3. The minimum Gasteiger partial charge on any atom is -0.396 e. The Bertz CT molecular complexity index is 293. The van der Waals surface area contributed by atoms with Gasteiger partial charge in [-0.1, -0.05) is 13.8 Å². The number of aliphatic hydroxyl groups is 1. The van der Waals surface area contributed by atoms with Gasteiger partial charge in [0.15, 0.2) is 0 Å². The second-order valence-corrected chi connectivity index (χ2v) is 6.18. The van der Waals surface area contributed by atoms with Crippen LogP contribution in [0.2, 0.25) is 0 Å². The highest BCUT2D eigenvalue weighted by Crippen LogP contribution is 2.04. The molecule has 0 aromatic heterocycles. The molecule has 3 N–H and O–H groups in total. The van der Waals surface area contributed by atoms with E-state index in [-0.39, 0.29) is 18.7 Å². The van der Waals surface area contributed by atoms with Crippen molar-refractivity contribution in [2.24, 2.45) is 5.92 Å². The summed E-state index contributed by atoms with van der Waals surface area (Å²) in [7, 11) is 2.16. The van der Waals surface area contributed by atoms with Crippen molar-refractivity contribution in [3.8, 4) is 0 Å². The Kier molecular flexibility index (Phi) is 8.64. The SMILES string of the molecule is CCC(CCO)NC(=O)NCC(C)CN1CCN(C)CC1. The number of aliphatic hydroxyl groups excluding tert-OH is 1. The predicted octanol–water partition coefficient (Wildman–Crippen LogP) is 0.330. The number of hydrogen-bond acceptors (Lipinski definition) is 4. The van der Waals surface area contributed by atoms with Gasteiger partial charge in [-0.15, -0.1) is 0 Å². The second-order valence-electron chi connectivity index (χ2n) is 6.18. The molecule has 2 atom stereocenters. The van der Waals surface area contributed by atoms with Crippen LogP contribution >= 0.6 is 0 Å². The summed E-state index contributed by atoms with van der Waals surface area (Å²) in [5, 5.41) is 14.8. The maximum absolute atomic E-state index is 11.8. The van der Waals surface area contributed by atoms with Crippen LogP contribution in [0.5, 0.6) is 0 Å². The number of likely N-dealkylation sites (N-methyl/N-ethyl adjacent to an activating group) is 1. The molecular weight excluding hydrogens is 268 g/mol. The van der Waals surface area contributed by atoms with Gasteiger partial charge in [0.05, 0.1) is 0 Å². The van der Waals surface area contributed by atoms with Crippen molar-refractivity contribution in [1.82, 2.24) is 20.4 Å². The standard InChI is InChI=1S/C15H32N4O2/c1-4-14(5-10-20)17-15(21)16-11-13(2)12-19-8-6-18(3)7-9-19/h13-14,20H,4-12H2,1-3H3,(H2,16,17,21). The lowest BCUT2D eigenvalue weighted by Gasteiger charge is -2.34. The molecule has 2 amide bonds. The van der Waals surface area contributed by atoms with Gasteiger partial charge in [0.2, 0.25) is 0 Å². The summed E-state index contributed by atoms with van der Waals surface area (Å²) < 4.78 is 0. The van der Waals surface area contributed by atoms with Gasteiger partial charge in [-0.05, 0) is 25.8 Å². The van der Waals surface area contributed by atoms with Gasteiger partial charge in [0.25, 0.3) is 0 Å². The molecule has 1 aliphatic rings. The number of nitrogens with zero attached hydrogens (tertiary/aromatic N) is 2. The zero-order chi connectivity index (χ0) is 15.7. The van der Waals surface area contributed by atoms with Crippen molar-refractivity contribution < 1.29 is 9.90 Å². The number of carbonyl (C=O) groups excluding carboxylic acids is 1. The Balaban J connectivity index is 2.16. The topological polar surface area (TPSA) is 67.8 Å². The summed E-state index contributed by atoms with van der Waals surface area (Å²) in [6.07, 6.45) is 1.45. The molecule has 0 aromatic carbocycles. The molecule has 0 spiro atoms. The lowest BCUT2D eigenvalue weighted by atomic mass is 10.1. The van der Waals surface area contributed by atoms with Gasteiger partial charge >= 0.3 is 6.03 Å². The number of urea groups is 1. The zero-order valence-electron chi connectivity index (χ0n) is 13.8. The normalized spacial score (nSPS) is 20.0. The zero-order valence-corrected chi connectivity index (χ0v) is 13.8. The summed E-state index contributed by atoms with van der Waals surface area (Å²) >= 11 is 0. The summed E-state index contributed by atoms with van der Waals surface area (Å²) in [5.41, 5.74) is 0. The van der Waals surface area contributed by atoms with Crippen molar-refractivity contribution in [3.05, 3.63) is 0 Å². The maximum Gasteiger partial charge on any atom is 0.315 e. The third-order valence-electron chi connectivity index (χ3n) is 4.08. The third-order valence-corrected chi connectivity index (χ3v) is 4.08. The molecule has 0 bridgehead atoms. The largest absolute Gasteiger partial charge is 0.396 e. The molecule has 1 heterocycles. The van der Waals surface area contributed by atoms with E-state index in [2.05, 4.69) is 34.4 Å². The molecule has 1 rings (SSSR count). The monoisotopic (exact) mass is 300 g/mol. The Labute approximate surface area is 128 Å². The van der Waals surface area contributed by atoms with E-state index in [0.717, 1.165) is 39.1 Å². The van der Waals surface area contributed by atoms with Crippen molar-refractivity contribution >= 4 is 6.03 Å². The summed E-state index contributed by atoms with van der Waals surface area (Å²) in [6.45, 7) is 10.5. The third kappa shape index (κ3) is 7.64. The van der Waals surface area contributed by atoms with Gasteiger partial charge in [-0.3, -0.25) is 0 Å². The van der Waals surface area contributed by atoms with Crippen LogP contribution in [0.25, 0.3) is 0 Å². The molecule has 6 heteroatoms. The Hall–Kier alpha value is -0.850. The first-order valence-electron chi connectivity index (χ1n) is 8.11. The van der Waals surface area contributed by atoms with E-state index < -0.39 is 0 Å². The summed E-state index contributed by atoms with van der Waals surface area (Å²) in [6, 6.07) is -0.0662. The van der Waals surface area contributed by atoms with E-state index in [4.69, 9.17) is 5.11 Å².